The second-order valence-corrected chi connectivity index (χ2v) is 6.15. The Hall–Kier alpha value is -1.16. The molecule has 0 aliphatic rings. The number of hydrogen-bond donors (Lipinski definition) is 3. The average molecular weight is 327 g/mol. The van der Waals surface area contributed by atoms with Gasteiger partial charge in [-0.2, -0.15) is 5.10 Å². The standard InChI is InChI=1S/C10H18N4O4S.ClH/c1-4-18-9(15)7-5-12-13-8(7)19(16,17)14-10(2,3)6-11;/h5,14H,4,6,11H2,1-3H3,(H,12,13);1H. The van der Waals surface area contributed by atoms with Gasteiger partial charge in [-0.3, -0.25) is 5.10 Å². The maximum atomic E-state index is 12.2. The molecule has 20 heavy (non-hydrogen) atoms. The fourth-order valence-electron chi connectivity index (χ4n) is 1.29. The minimum absolute atomic E-state index is 0. The summed E-state index contributed by atoms with van der Waals surface area (Å²) in [5.74, 6) is -0.748. The fraction of sp³-hybridized carbons (Fsp3) is 0.600. The zero-order valence-corrected chi connectivity index (χ0v) is 13.1. The second-order valence-electron chi connectivity index (χ2n) is 4.53. The molecule has 0 atom stereocenters. The van der Waals surface area contributed by atoms with Crippen molar-refractivity contribution in [3.63, 3.8) is 0 Å². The molecule has 0 radical (unpaired) electrons. The van der Waals surface area contributed by atoms with Gasteiger partial charge in [0.2, 0.25) is 0 Å². The van der Waals surface area contributed by atoms with E-state index >= 15 is 0 Å². The van der Waals surface area contributed by atoms with E-state index in [9.17, 15) is 13.2 Å². The number of ether oxygens (including phenoxy) is 1. The number of nitrogens with zero attached hydrogens (tertiary/aromatic N) is 1. The summed E-state index contributed by atoms with van der Waals surface area (Å²) in [6.45, 7) is 5.14. The van der Waals surface area contributed by atoms with Gasteiger partial charge >= 0.3 is 5.97 Å². The summed E-state index contributed by atoms with van der Waals surface area (Å²) in [6.07, 6.45) is 1.11. The zero-order chi connectivity index (χ0) is 14.7. The van der Waals surface area contributed by atoms with Gasteiger partial charge in [0.05, 0.1) is 12.8 Å². The molecule has 0 aliphatic carbocycles. The van der Waals surface area contributed by atoms with E-state index in [2.05, 4.69) is 14.9 Å². The van der Waals surface area contributed by atoms with Crippen LogP contribution in [0.1, 0.15) is 31.1 Å². The van der Waals surface area contributed by atoms with Crippen molar-refractivity contribution in [1.82, 2.24) is 14.9 Å². The van der Waals surface area contributed by atoms with Crippen molar-refractivity contribution >= 4 is 28.4 Å². The van der Waals surface area contributed by atoms with Crippen LogP contribution in [-0.2, 0) is 14.8 Å². The van der Waals surface area contributed by atoms with Crippen LogP contribution in [0.15, 0.2) is 11.2 Å². The molecular weight excluding hydrogens is 308 g/mol. The number of nitrogens with two attached hydrogens (primary N) is 1. The molecule has 1 heterocycles. The summed E-state index contributed by atoms with van der Waals surface area (Å²) in [5.41, 5.74) is 4.49. The van der Waals surface area contributed by atoms with E-state index in [-0.39, 0.29) is 36.1 Å². The Morgan fingerprint density at radius 2 is 2.15 bits per heavy atom. The summed E-state index contributed by atoms with van der Waals surface area (Å²) in [5, 5.41) is 5.53. The predicted octanol–water partition coefficient (Wildman–Crippen LogP) is 0.0238. The molecule has 0 spiro atoms. The predicted molar refractivity (Wildman–Crippen MR) is 75.2 cm³/mol. The number of hydrogen-bond acceptors (Lipinski definition) is 6. The number of esters is 1. The Bertz CT molecular complexity index is 555. The average Bonchev–Trinajstić information content (AvgIpc) is 2.77. The van der Waals surface area contributed by atoms with E-state index in [0.717, 1.165) is 6.20 Å². The molecule has 8 nitrogen and oxygen atoms in total. The van der Waals surface area contributed by atoms with Crippen molar-refractivity contribution in [2.45, 2.75) is 31.3 Å². The molecule has 0 bridgehead atoms. The second kappa shape index (κ2) is 7.02. The highest BCUT2D eigenvalue weighted by Crippen LogP contribution is 2.15. The number of aromatic amines is 1. The van der Waals surface area contributed by atoms with Crippen molar-refractivity contribution in [2.24, 2.45) is 5.73 Å². The minimum atomic E-state index is -3.93. The largest absolute Gasteiger partial charge is 0.462 e. The molecule has 116 valence electrons. The molecule has 1 aromatic rings. The van der Waals surface area contributed by atoms with Gasteiger partial charge in [0.25, 0.3) is 10.0 Å². The molecule has 0 unspecified atom stereocenters. The highest BCUT2D eigenvalue weighted by atomic mass is 35.5. The molecule has 4 N–H and O–H groups in total. The topological polar surface area (TPSA) is 127 Å². The highest BCUT2D eigenvalue weighted by molar-refractivity contribution is 7.89. The van der Waals surface area contributed by atoms with Crippen LogP contribution in [0.4, 0.5) is 0 Å². The molecule has 0 saturated heterocycles. The van der Waals surface area contributed by atoms with Crippen LogP contribution in [0.25, 0.3) is 0 Å². The third-order valence-electron chi connectivity index (χ3n) is 2.29. The Balaban J connectivity index is 0.00000361. The van der Waals surface area contributed by atoms with E-state index in [1.807, 2.05) is 0 Å². The number of aromatic nitrogens is 2. The third kappa shape index (κ3) is 4.44. The Morgan fingerprint density at radius 1 is 1.55 bits per heavy atom. The van der Waals surface area contributed by atoms with Crippen LogP contribution >= 0.6 is 12.4 Å². The van der Waals surface area contributed by atoms with E-state index in [1.165, 1.54) is 0 Å². The fourth-order valence-corrected chi connectivity index (χ4v) is 2.80. The number of sulfonamides is 1. The number of H-pyrrole nitrogens is 1. The number of nitrogens with one attached hydrogen (secondary N) is 2. The highest BCUT2D eigenvalue weighted by Gasteiger charge is 2.30. The minimum Gasteiger partial charge on any atom is -0.462 e. The van der Waals surface area contributed by atoms with E-state index in [4.69, 9.17) is 10.5 Å². The first-order valence-corrected chi connectivity index (χ1v) is 7.16. The zero-order valence-electron chi connectivity index (χ0n) is 11.5. The lowest BCUT2D eigenvalue weighted by Gasteiger charge is -2.23. The monoisotopic (exact) mass is 326 g/mol. The summed E-state index contributed by atoms with van der Waals surface area (Å²) in [6, 6.07) is 0. The molecule has 0 aliphatic heterocycles. The van der Waals surface area contributed by atoms with Gasteiger partial charge in [-0.25, -0.2) is 17.9 Å². The Morgan fingerprint density at radius 3 is 2.65 bits per heavy atom. The normalized spacial score (nSPS) is 11.8. The van der Waals surface area contributed by atoms with Crippen molar-refractivity contribution < 1.29 is 17.9 Å². The first-order valence-electron chi connectivity index (χ1n) is 5.68. The summed E-state index contributed by atoms with van der Waals surface area (Å²) in [4.78, 5) is 11.6. The smallest absolute Gasteiger partial charge is 0.342 e. The van der Waals surface area contributed by atoms with Gasteiger partial charge in [0, 0.05) is 12.1 Å². The SMILES string of the molecule is CCOC(=O)c1cn[nH]c1S(=O)(=O)NC(C)(C)CN.Cl. The molecule has 1 aromatic heterocycles. The summed E-state index contributed by atoms with van der Waals surface area (Å²) >= 11 is 0. The van der Waals surface area contributed by atoms with Crippen LogP contribution in [-0.4, -0.2) is 43.3 Å². The molecule has 0 saturated carbocycles. The molecule has 0 aromatic carbocycles. The summed E-state index contributed by atoms with van der Waals surface area (Å²) in [7, 11) is -3.93. The maximum absolute atomic E-state index is 12.2. The van der Waals surface area contributed by atoms with Crippen LogP contribution in [0, 0.1) is 0 Å². The van der Waals surface area contributed by atoms with Crippen molar-refractivity contribution in [2.75, 3.05) is 13.2 Å². The molecule has 1 rings (SSSR count). The van der Waals surface area contributed by atoms with Crippen LogP contribution in [0.3, 0.4) is 0 Å². The third-order valence-corrected chi connectivity index (χ3v) is 3.96. The molecule has 10 heteroatoms. The van der Waals surface area contributed by atoms with E-state index in [0.29, 0.717) is 0 Å². The van der Waals surface area contributed by atoms with Gasteiger partial charge in [0.1, 0.15) is 5.56 Å². The van der Waals surface area contributed by atoms with Gasteiger partial charge in [-0.05, 0) is 20.8 Å². The Labute approximate surface area is 123 Å². The van der Waals surface area contributed by atoms with Crippen molar-refractivity contribution in [3.8, 4) is 0 Å². The summed E-state index contributed by atoms with van der Waals surface area (Å²) < 4.78 is 31.5. The number of carbonyl (C=O) groups excluding carboxylic acids is 1. The van der Waals surface area contributed by atoms with Crippen molar-refractivity contribution in [3.05, 3.63) is 11.8 Å². The van der Waals surface area contributed by atoms with E-state index in [1.54, 1.807) is 20.8 Å². The van der Waals surface area contributed by atoms with Gasteiger partial charge in [-0.1, -0.05) is 0 Å². The number of carbonyl (C=O) groups is 1. The lowest BCUT2D eigenvalue weighted by molar-refractivity contribution is 0.0521. The lowest BCUT2D eigenvalue weighted by atomic mass is 10.1. The first-order chi connectivity index (χ1) is 8.73. The molecule has 0 amide bonds. The van der Waals surface area contributed by atoms with E-state index < -0.39 is 21.5 Å². The van der Waals surface area contributed by atoms with Crippen molar-refractivity contribution in [1.29, 1.82) is 0 Å². The van der Waals surface area contributed by atoms with Gasteiger partial charge < -0.3 is 10.5 Å². The quantitative estimate of drug-likeness (QED) is 0.632. The van der Waals surface area contributed by atoms with Crippen LogP contribution in [0.2, 0.25) is 0 Å². The van der Waals surface area contributed by atoms with Gasteiger partial charge in [-0.15, -0.1) is 12.4 Å². The first kappa shape index (κ1) is 18.8. The molecular formula is C10H19ClN4O4S. The van der Waals surface area contributed by atoms with Crippen LogP contribution < -0.4 is 10.5 Å². The van der Waals surface area contributed by atoms with Gasteiger partial charge in [0.15, 0.2) is 5.03 Å². The van der Waals surface area contributed by atoms with Crippen LogP contribution in [0.5, 0.6) is 0 Å². The Kier molecular flexibility index (Phi) is 6.62. The number of halogens is 1. The lowest BCUT2D eigenvalue weighted by Crippen LogP contribution is -2.49. The maximum Gasteiger partial charge on any atom is 0.342 e. The molecule has 0 fully saturated rings. The number of rotatable bonds is 6.